The number of halogens is 1. The molecule has 9 heteroatoms. The maximum absolute atomic E-state index is 13.0. The third kappa shape index (κ3) is 4.91. The van der Waals surface area contributed by atoms with Gasteiger partial charge in [-0.2, -0.15) is 5.10 Å². The summed E-state index contributed by atoms with van der Waals surface area (Å²) in [5, 5.41) is 11.5. The summed E-state index contributed by atoms with van der Waals surface area (Å²) >= 11 is 0. The van der Waals surface area contributed by atoms with Crippen LogP contribution in [-0.4, -0.2) is 28.5 Å². The molecule has 0 radical (unpaired) electrons. The van der Waals surface area contributed by atoms with Crippen LogP contribution < -0.4 is 20.5 Å². The number of rotatable bonds is 7. The Morgan fingerprint density at radius 3 is 2.68 bits per heavy atom. The third-order valence-electron chi connectivity index (χ3n) is 3.74. The van der Waals surface area contributed by atoms with Gasteiger partial charge in [0, 0.05) is 0 Å². The zero-order valence-corrected chi connectivity index (χ0v) is 15.3. The molecule has 0 amide bonds. The fourth-order valence-corrected chi connectivity index (χ4v) is 2.24. The average molecular weight is 383 g/mol. The number of hydrazone groups is 1. The van der Waals surface area contributed by atoms with Crippen LogP contribution in [0.15, 0.2) is 52.4 Å². The number of benzene rings is 2. The first-order chi connectivity index (χ1) is 13.5. The molecular formula is C19H18FN5O3. The molecule has 3 rings (SSSR count). The van der Waals surface area contributed by atoms with Crippen molar-refractivity contribution in [2.24, 2.45) is 5.10 Å². The summed E-state index contributed by atoms with van der Waals surface area (Å²) in [5.41, 5.74) is 4.12. The van der Waals surface area contributed by atoms with Crippen LogP contribution in [0.5, 0.6) is 11.5 Å². The van der Waals surface area contributed by atoms with Gasteiger partial charge in [-0.1, -0.05) is 12.1 Å². The van der Waals surface area contributed by atoms with Gasteiger partial charge in [-0.05, 0) is 48.4 Å². The molecule has 2 N–H and O–H groups in total. The van der Waals surface area contributed by atoms with Gasteiger partial charge in [0.25, 0.3) is 5.56 Å². The van der Waals surface area contributed by atoms with Crippen LogP contribution in [0.25, 0.3) is 0 Å². The van der Waals surface area contributed by atoms with E-state index in [2.05, 4.69) is 25.7 Å². The maximum Gasteiger partial charge on any atom is 0.274 e. The standard InChI is InChI=1S/C19H18FN5O3/c1-12-18(26)22-19(25-23-12)24-21-10-14-5-8-16(17(9-14)27-2)28-11-13-3-6-15(20)7-4-13/h3-10H,11H2,1-2H3,(H2,22,24,25,26)/b21-10+. The number of hydrogen-bond donors (Lipinski definition) is 2. The Morgan fingerprint density at radius 1 is 1.18 bits per heavy atom. The zero-order chi connectivity index (χ0) is 19.9. The van der Waals surface area contributed by atoms with E-state index >= 15 is 0 Å². The van der Waals surface area contributed by atoms with Crippen LogP contribution in [0.1, 0.15) is 16.8 Å². The number of aromatic nitrogens is 3. The van der Waals surface area contributed by atoms with Gasteiger partial charge in [-0.3, -0.25) is 9.78 Å². The van der Waals surface area contributed by atoms with Crippen molar-refractivity contribution >= 4 is 12.2 Å². The second-order valence-electron chi connectivity index (χ2n) is 5.78. The van der Waals surface area contributed by atoms with E-state index in [4.69, 9.17) is 9.47 Å². The largest absolute Gasteiger partial charge is 0.493 e. The summed E-state index contributed by atoms with van der Waals surface area (Å²) in [6.07, 6.45) is 1.53. The SMILES string of the molecule is COc1cc(/C=N/Nc2nnc(C)c(=O)[nH]2)ccc1OCc1ccc(F)cc1. The number of aryl methyl sites for hydroxylation is 1. The number of H-pyrrole nitrogens is 1. The van der Waals surface area contributed by atoms with Crippen LogP contribution >= 0.6 is 0 Å². The number of aromatic amines is 1. The lowest BCUT2D eigenvalue weighted by atomic mass is 10.2. The molecule has 2 aromatic carbocycles. The van der Waals surface area contributed by atoms with Gasteiger partial charge in [0.1, 0.15) is 18.1 Å². The Morgan fingerprint density at radius 2 is 1.96 bits per heavy atom. The quantitative estimate of drug-likeness (QED) is 0.480. The predicted octanol–water partition coefficient (Wildman–Crippen LogP) is 2.65. The molecule has 0 atom stereocenters. The second kappa shape index (κ2) is 8.76. The first kappa shape index (κ1) is 19.0. The van der Waals surface area contributed by atoms with Crippen LogP contribution in [0.2, 0.25) is 0 Å². The topological polar surface area (TPSA) is 101 Å². The molecule has 0 unspecified atom stereocenters. The first-order valence-electron chi connectivity index (χ1n) is 8.33. The van der Waals surface area contributed by atoms with Gasteiger partial charge in [0.15, 0.2) is 11.5 Å². The van der Waals surface area contributed by atoms with E-state index in [1.54, 1.807) is 37.3 Å². The predicted molar refractivity (Wildman–Crippen MR) is 102 cm³/mol. The van der Waals surface area contributed by atoms with E-state index in [-0.39, 0.29) is 29.6 Å². The lowest BCUT2D eigenvalue weighted by Gasteiger charge is -2.11. The van der Waals surface area contributed by atoms with Gasteiger partial charge in [-0.25, -0.2) is 9.82 Å². The van der Waals surface area contributed by atoms with Crippen LogP contribution in [0.4, 0.5) is 10.3 Å². The summed E-state index contributed by atoms with van der Waals surface area (Å²) in [4.78, 5) is 14.0. The Balaban J connectivity index is 1.65. The molecule has 8 nitrogen and oxygen atoms in total. The summed E-state index contributed by atoms with van der Waals surface area (Å²) in [6.45, 7) is 1.84. The van der Waals surface area contributed by atoms with Crippen molar-refractivity contribution in [3.63, 3.8) is 0 Å². The number of hydrogen-bond acceptors (Lipinski definition) is 7. The molecule has 3 aromatic rings. The molecular weight excluding hydrogens is 365 g/mol. The summed E-state index contributed by atoms with van der Waals surface area (Å²) in [7, 11) is 1.53. The Bertz CT molecular complexity index is 1030. The van der Waals surface area contributed by atoms with Crippen molar-refractivity contribution < 1.29 is 13.9 Å². The molecule has 0 aliphatic heterocycles. The van der Waals surface area contributed by atoms with Crippen molar-refractivity contribution in [1.82, 2.24) is 15.2 Å². The molecule has 0 saturated heterocycles. The van der Waals surface area contributed by atoms with Gasteiger partial charge in [-0.15, -0.1) is 10.2 Å². The highest BCUT2D eigenvalue weighted by Gasteiger charge is 2.06. The van der Waals surface area contributed by atoms with Crippen LogP contribution in [0, 0.1) is 12.7 Å². The normalized spacial score (nSPS) is 10.8. The van der Waals surface area contributed by atoms with Crippen molar-refractivity contribution in [3.05, 3.63) is 75.5 Å². The molecule has 144 valence electrons. The minimum absolute atomic E-state index is 0.137. The smallest absolute Gasteiger partial charge is 0.274 e. The van der Waals surface area contributed by atoms with Gasteiger partial charge in [0.2, 0.25) is 5.95 Å². The molecule has 0 bridgehead atoms. The molecule has 1 aromatic heterocycles. The lowest BCUT2D eigenvalue weighted by Crippen LogP contribution is -2.15. The average Bonchev–Trinajstić information content (AvgIpc) is 2.70. The number of anilines is 1. The van der Waals surface area contributed by atoms with Crippen LogP contribution in [-0.2, 0) is 6.61 Å². The summed E-state index contributed by atoms with van der Waals surface area (Å²) in [5.74, 6) is 0.914. The number of nitrogens with zero attached hydrogens (tertiary/aromatic N) is 3. The Hall–Kier alpha value is -3.75. The first-order valence-corrected chi connectivity index (χ1v) is 8.33. The molecule has 0 saturated carbocycles. The van der Waals surface area contributed by atoms with E-state index in [0.29, 0.717) is 11.5 Å². The third-order valence-corrected chi connectivity index (χ3v) is 3.74. The summed E-state index contributed by atoms with van der Waals surface area (Å²) in [6, 6.07) is 11.4. The zero-order valence-electron chi connectivity index (χ0n) is 15.3. The van der Waals surface area contributed by atoms with E-state index in [1.807, 2.05) is 0 Å². The van der Waals surface area contributed by atoms with E-state index in [1.165, 1.54) is 25.5 Å². The highest BCUT2D eigenvalue weighted by Crippen LogP contribution is 2.28. The highest BCUT2D eigenvalue weighted by atomic mass is 19.1. The van der Waals surface area contributed by atoms with Gasteiger partial charge in [0.05, 0.1) is 13.3 Å². The Labute approximate surface area is 160 Å². The van der Waals surface area contributed by atoms with E-state index < -0.39 is 0 Å². The number of nitrogens with one attached hydrogen (secondary N) is 2. The monoisotopic (exact) mass is 383 g/mol. The van der Waals surface area contributed by atoms with Gasteiger partial charge >= 0.3 is 0 Å². The lowest BCUT2D eigenvalue weighted by molar-refractivity contribution is 0.284. The van der Waals surface area contributed by atoms with Crippen molar-refractivity contribution in [3.8, 4) is 11.5 Å². The minimum Gasteiger partial charge on any atom is -0.493 e. The molecule has 0 aliphatic carbocycles. The molecule has 0 fully saturated rings. The minimum atomic E-state index is -0.336. The highest BCUT2D eigenvalue weighted by molar-refractivity contribution is 5.81. The molecule has 28 heavy (non-hydrogen) atoms. The fraction of sp³-hybridized carbons (Fsp3) is 0.158. The maximum atomic E-state index is 13.0. The number of ether oxygens (including phenoxy) is 2. The molecule has 1 heterocycles. The Kier molecular flexibility index (Phi) is 5.95. The fourth-order valence-electron chi connectivity index (χ4n) is 2.24. The van der Waals surface area contributed by atoms with E-state index in [9.17, 15) is 9.18 Å². The number of methoxy groups -OCH3 is 1. The van der Waals surface area contributed by atoms with Crippen molar-refractivity contribution in [2.75, 3.05) is 12.5 Å². The van der Waals surface area contributed by atoms with Crippen molar-refractivity contribution in [2.45, 2.75) is 13.5 Å². The van der Waals surface area contributed by atoms with Crippen molar-refractivity contribution in [1.29, 1.82) is 0 Å². The molecule has 0 spiro atoms. The van der Waals surface area contributed by atoms with Gasteiger partial charge < -0.3 is 9.47 Å². The second-order valence-corrected chi connectivity index (χ2v) is 5.78. The van der Waals surface area contributed by atoms with E-state index in [0.717, 1.165) is 11.1 Å². The summed E-state index contributed by atoms with van der Waals surface area (Å²) < 4.78 is 24.0. The molecule has 0 aliphatic rings. The van der Waals surface area contributed by atoms with Crippen LogP contribution in [0.3, 0.4) is 0 Å².